The SMILES string of the molecule is COc1cccc(SCC(=O)NC(C(=O)O)C(C)C)c1. The summed E-state index contributed by atoms with van der Waals surface area (Å²) in [5.74, 6) is -0.568. The summed E-state index contributed by atoms with van der Waals surface area (Å²) >= 11 is 1.34. The van der Waals surface area contributed by atoms with Crippen molar-refractivity contribution in [3.63, 3.8) is 0 Å². The second kappa shape index (κ2) is 7.79. The van der Waals surface area contributed by atoms with Gasteiger partial charge in [0.1, 0.15) is 11.8 Å². The summed E-state index contributed by atoms with van der Waals surface area (Å²) in [6, 6.07) is 6.51. The van der Waals surface area contributed by atoms with Gasteiger partial charge in [-0.1, -0.05) is 19.9 Å². The number of ether oxygens (including phenoxy) is 1. The van der Waals surface area contributed by atoms with E-state index >= 15 is 0 Å². The Morgan fingerprint density at radius 2 is 2.10 bits per heavy atom. The van der Waals surface area contributed by atoms with Gasteiger partial charge in [-0.15, -0.1) is 11.8 Å². The van der Waals surface area contributed by atoms with Crippen molar-refractivity contribution < 1.29 is 19.4 Å². The molecular formula is C14H19NO4S. The summed E-state index contributed by atoms with van der Waals surface area (Å²) in [7, 11) is 1.58. The highest BCUT2D eigenvalue weighted by molar-refractivity contribution is 8.00. The Kier molecular flexibility index (Phi) is 6.38. The summed E-state index contributed by atoms with van der Waals surface area (Å²) in [6.45, 7) is 3.52. The molecule has 0 saturated heterocycles. The van der Waals surface area contributed by atoms with Crippen LogP contribution in [0.25, 0.3) is 0 Å². The third kappa shape index (κ3) is 5.13. The smallest absolute Gasteiger partial charge is 0.326 e. The summed E-state index contributed by atoms with van der Waals surface area (Å²) in [6.07, 6.45) is 0. The molecule has 0 radical (unpaired) electrons. The molecule has 0 heterocycles. The second-order valence-corrected chi connectivity index (χ2v) is 5.64. The van der Waals surface area contributed by atoms with Gasteiger partial charge in [0.25, 0.3) is 0 Å². The Hall–Kier alpha value is -1.69. The van der Waals surface area contributed by atoms with E-state index in [0.717, 1.165) is 10.6 Å². The molecule has 0 fully saturated rings. The third-order valence-corrected chi connectivity index (χ3v) is 3.65. The number of carbonyl (C=O) groups excluding carboxylic acids is 1. The molecule has 1 amide bonds. The molecule has 110 valence electrons. The summed E-state index contributed by atoms with van der Waals surface area (Å²) in [5, 5.41) is 11.5. The van der Waals surface area contributed by atoms with Crippen LogP contribution in [-0.2, 0) is 9.59 Å². The summed E-state index contributed by atoms with van der Waals surface area (Å²) in [4.78, 5) is 23.7. The zero-order chi connectivity index (χ0) is 15.1. The zero-order valence-corrected chi connectivity index (χ0v) is 12.6. The predicted octanol–water partition coefficient (Wildman–Crippen LogP) is 2.01. The molecule has 20 heavy (non-hydrogen) atoms. The summed E-state index contributed by atoms with van der Waals surface area (Å²) in [5.41, 5.74) is 0. The van der Waals surface area contributed by atoms with Gasteiger partial charge >= 0.3 is 5.97 Å². The number of benzene rings is 1. The van der Waals surface area contributed by atoms with Gasteiger partial charge in [-0.2, -0.15) is 0 Å². The first-order valence-electron chi connectivity index (χ1n) is 6.23. The van der Waals surface area contributed by atoms with Gasteiger partial charge in [0, 0.05) is 4.90 Å². The van der Waals surface area contributed by atoms with Crippen LogP contribution >= 0.6 is 11.8 Å². The average Bonchev–Trinajstić information content (AvgIpc) is 2.42. The molecule has 1 aromatic carbocycles. The van der Waals surface area contributed by atoms with Crippen molar-refractivity contribution >= 4 is 23.6 Å². The lowest BCUT2D eigenvalue weighted by atomic mass is 10.1. The van der Waals surface area contributed by atoms with Crippen LogP contribution in [0.15, 0.2) is 29.2 Å². The van der Waals surface area contributed by atoms with Gasteiger partial charge in [0.05, 0.1) is 12.9 Å². The number of amides is 1. The van der Waals surface area contributed by atoms with Crippen molar-refractivity contribution in [3.8, 4) is 5.75 Å². The lowest BCUT2D eigenvalue weighted by molar-refractivity contribution is -0.142. The van der Waals surface area contributed by atoms with Crippen molar-refractivity contribution in [2.45, 2.75) is 24.8 Å². The Labute approximate surface area is 122 Å². The zero-order valence-electron chi connectivity index (χ0n) is 11.8. The molecule has 1 aromatic rings. The van der Waals surface area contributed by atoms with Crippen LogP contribution in [0, 0.1) is 5.92 Å². The first-order valence-corrected chi connectivity index (χ1v) is 7.21. The van der Waals surface area contributed by atoms with Gasteiger partial charge in [-0.3, -0.25) is 4.79 Å². The topological polar surface area (TPSA) is 75.6 Å². The molecule has 5 nitrogen and oxygen atoms in total. The van der Waals surface area contributed by atoms with Crippen molar-refractivity contribution in [1.29, 1.82) is 0 Å². The fourth-order valence-electron chi connectivity index (χ4n) is 1.57. The molecule has 0 aliphatic carbocycles. The lowest BCUT2D eigenvalue weighted by Crippen LogP contribution is -2.45. The quantitative estimate of drug-likeness (QED) is 0.753. The van der Waals surface area contributed by atoms with Gasteiger partial charge in [0.15, 0.2) is 0 Å². The predicted molar refractivity (Wildman–Crippen MR) is 78.1 cm³/mol. The maximum atomic E-state index is 11.8. The van der Waals surface area contributed by atoms with Crippen molar-refractivity contribution in [2.24, 2.45) is 5.92 Å². The maximum absolute atomic E-state index is 11.8. The van der Waals surface area contributed by atoms with Gasteiger partial charge < -0.3 is 15.2 Å². The van der Waals surface area contributed by atoms with Gasteiger partial charge in [-0.25, -0.2) is 4.79 Å². The highest BCUT2D eigenvalue weighted by atomic mass is 32.2. The number of carboxylic acids is 1. The first-order chi connectivity index (χ1) is 9.43. The van der Waals surface area contributed by atoms with E-state index in [1.807, 2.05) is 24.3 Å². The normalized spacial score (nSPS) is 12.0. The molecule has 1 unspecified atom stereocenters. The molecule has 6 heteroatoms. The van der Waals surface area contributed by atoms with Crippen LogP contribution in [0.5, 0.6) is 5.75 Å². The number of carboxylic acid groups (broad SMARTS) is 1. The highest BCUT2D eigenvalue weighted by Gasteiger charge is 2.23. The minimum Gasteiger partial charge on any atom is -0.497 e. The van der Waals surface area contributed by atoms with E-state index in [1.54, 1.807) is 21.0 Å². The monoisotopic (exact) mass is 297 g/mol. The van der Waals surface area contributed by atoms with E-state index in [1.165, 1.54) is 11.8 Å². The fourth-order valence-corrected chi connectivity index (χ4v) is 2.32. The number of nitrogens with one attached hydrogen (secondary N) is 1. The number of hydrogen-bond donors (Lipinski definition) is 2. The van der Waals surface area contributed by atoms with Crippen LogP contribution in [0.1, 0.15) is 13.8 Å². The van der Waals surface area contributed by atoms with E-state index in [0.29, 0.717) is 0 Å². The lowest BCUT2D eigenvalue weighted by Gasteiger charge is -2.17. The number of hydrogen-bond acceptors (Lipinski definition) is 4. The van der Waals surface area contributed by atoms with E-state index < -0.39 is 12.0 Å². The third-order valence-electron chi connectivity index (χ3n) is 2.66. The Morgan fingerprint density at radius 3 is 2.65 bits per heavy atom. The number of thioether (sulfide) groups is 1. The highest BCUT2D eigenvalue weighted by Crippen LogP contribution is 2.22. The van der Waals surface area contributed by atoms with Crippen LogP contribution in [0.2, 0.25) is 0 Å². The second-order valence-electron chi connectivity index (χ2n) is 4.60. The van der Waals surface area contributed by atoms with E-state index in [2.05, 4.69) is 5.32 Å². The maximum Gasteiger partial charge on any atom is 0.326 e. The standard InChI is InChI=1S/C14H19NO4S/c1-9(2)13(14(17)18)15-12(16)8-20-11-6-4-5-10(7-11)19-3/h4-7,9,13H,8H2,1-3H3,(H,15,16)(H,17,18). The largest absolute Gasteiger partial charge is 0.497 e. The Bertz CT molecular complexity index is 476. The fraction of sp³-hybridized carbons (Fsp3) is 0.429. The Morgan fingerprint density at radius 1 is 1.40 bits per heavy atom. The molecule has 0 bridgehead atoms. The molecule has 1 atom stereocenters. The van der Waals surface area contributed by atoms with Crippen LogP contribution in [-0.4, -0.2) is 35.9 Å². The molecule has 0 aromatic heterocycles. The molecule has 0 aliphatic rings. The average molecular weight is 297 g/mol. The molecule has 0 aliphatic heterocycles. The van der Waals surface area contributed by atoms with Crippen LogP contribution in [0.3, 0.4) is 0 Å². The van der Waals surface area contributed by atoms with Crippen molar-refractivity contribution in [3.05, 3.63) is 24.3 Å². The first kappa shape index (κ1) is 16.4. The number of methoxy groups -OCH3 is 1. The van der Waals surface area contributed by atoms with E-state index in [9.17, 15) is 9.59 Å². The van der Waals surface area contributed by atoms with E-state index in [4.69, 9.17) is 9.84 Å². The molecule has 2 N–H and O–H groups in total. The van der Waals surface area contributed by atoms with Gasteiger partial charge in [-0.05, 0) is 24.1 Å². The number of carbonyl (C=O) groups is 2. The van der Waals surface area contributed by atoms with Crippen LogP contribution in [0.4, 0.5) is 0 Å². The number of aliphatic carboxylic acids is 1. The molecule has 0 spiro atoms. The van der Waals surface area contributed by atoms with Crippen LogP contribution < -0.4 is 10.1 Å². The minimum atomic E-state index is -1.01. The molecule has 0 saturated carbocycles. The number of rotatable bonds is 7. The molecule has 1 rings (SSSR count). The minimum absolute atomic E-state index is 0.154. The Balaban J connectivity index is 2.52. The van der Waals surface area contributed by atoms with E-state index in [-0.39, 0.29) is 17.6 Å². The van der Waals surface area contributed by atoms with Crippen molar-refractivity contribution in [2.75, 3.05) is 12.9 Å². The van der Waals surface area contributed by atoms with Gasteiger partial charge in [0.2, 0.25) is 5.91 Å². The van der Waals surface area contributed by atoms with Crippen molar-refractivity contribution in [1.82, 2.24) is 5.32 Å². The molecular weight excluding hydrogens is 278 g/mol. The summed E-state index contributed by atoms with van der Waals surface area (Å²) < 4.78 is 5.10.